The molecule has 0 fully saturated rings. The predicted octanol–water partition coefficient (Wildman–Crippen LogP) is 6.88. The highest BCUT2D eigenvalue weighted by atomic mass is 32.2. The lowest BCUT2D eigenvalue weighted by Gasteiger charge is -2.13. The average molecular weight is 405 g/mol. The summed E-state index contributed by atoms with van der Waals surface area (Å²) in [6, 6.07) is 9.38. The van der Waals surface area contributed by atoms with Crippen molar-refractivity contribution in [2.24, 2.45) is 0 Å². The van der Waals surface area contributed by atoms with Gasteiger partial charge in [-0.2, -0.15) is 0 Å². The Morgan fingerprint density at radius 1 is 0.500 bits per heavy atom. The van der Waals surface area contributed by atoms with Gasteiger partial charge in [0.1, 0.15) is 23.3 Å². The van der Waals surface area contributed by atoms with Gasteiger partial charge in [0, 0.05) is 17.7 Å². The maximum Gasteiger partial charge on any atom is 0.172 e. The Balaban J connectivity index is 2.32. The SMILES string of the molecule is Cc1cc([S+](c2cc(C)c(F)c(C)c2)c2cc(F)c(C)c(F)c2)cc(C)c1F. The molecule has 0 saturated carbocycles. The molecule has 0 saturated heterocycles. The lowest BCUT2D eigenvalue weighted by molar-refractivity contribution is 0.562. The van der Waals surface area contributed by atoms with E-state index in [0.29, 0.717) is 27.1 Å². The van der Waals surface area contributed by atoms with Gasteiger partial charge in [-0.1, -0.05) is 0 Å². The molecule has 0 unspecified atom stereocenters. The van der Waals surface area contributed by atoms with E-state index in [-0.39, 0.29) is 17.2 Å². The maximum atomic E-state index is 14.3. The van der Waals surface area contributed by atoms with Crippen LogP contribution < -0.4 is 0 Å². The van der Waals surface area contributed by atoms with Crippen LogP contribution in [0.2, 0.25) is 0 Å². The fourth-order valence-corrected chi connectivity index (χ4v) is 5.63. The monoisotopic (exact) mass is 405 g/mol. The summed E-state index contributed by atoms with van der Waals surface area (Å²) >= 11 is 0. The summed E-state index contributed by atoms with van der Waals surface area (Å²) < 4.78 is 57.0. The van der Waals surface area contributed by atoms with Gasteiger partial charge in [-0.25, -0.2) is 17.6 Å². The van der Waals surface area contributed by atoms with Gasteiger partial charge in [-0.05, 0) is 81.1 Å². The Morgan fingerprint density at radius 2 is 0.786 bits per heavy atom. The Kier molecular flexibility index (Phi) is 5.57. The Bertz CT molecular complexity index is 866. The van der Waals surface area contributed by atoms with Crippen LogP contribution in [0.1, 0.15) is 27.8 Å². The van der Waals surface area contributed by atoms with Gasteiger partial charge < -0.3 is 0 Å². The summed E-state index contributed by atoms with van der Waals surface area (Å²) in [7, 11) is -0.914. The Hall–Kier alpha value is -2.27. The van der Waals surface area contributed by atoms with Gasteiger partial charge >= 0.3 is 0 Å². The highest BCUT2D eigenvalue weighted by Crippen LogP contribution is 2.36. The summed E-state index contributed by atoms with van der Waals surface area (Å²) in [6.07, 6.45) is 0. The second kappa shape index (κ2) is 7.63. The second-order valence-electron chi connectivity index (χ2n) is 7.06. The van der Waals surface area contributed by atoms with Crippen molar-refractivity contribution in [3.05, 3.63) is 87.5 Å². The van der Waals surface area contributed by atoms with Crippen LogP contribution in [-0.2, 0) is 10.9 Å². The lowest BCUT2D eigenvalue weighted by atomic mass is 10.1. The number of benzene rings is 3. The van der Waals surface area contributed by atoms with Crippen LogP contribution in [-0.4, -0.2) is 0 Å². The molecule has 146 valence electrons. The number of hydrogen-bond donors (Lipinski definition) is 0. The third-order valence-electron chi connectivity index (χ3n) is 4.78. The van der Waals surface area contributed by atoms with Crippen molar-refractivity contribution in [2.45, 2.75) is 49.3 Å². The molecule has 0 aliphatic heterocycles. The van der Waals surface area contributed by atoms with E-state index < -0.39 is 22.5 Å². The molecule has 0 aliphatic carbocycles. The van der Waals surface area contributed by atoms with Gasteiger partial charge in [0.15, 0.2) is 14.7 Å². The van der Waals surface area contributed by atoms with Crippen LogP contribution in [0.25, 0.3) is 0 Å². The predicted molar refractivity (Wildman–Crippen MR) is 105 cm³/mol. The van der Waals surface area contributed by atoms with E-state index >= 15 is 0 Å². The summed E-state index contributed by atoms with van der Waals surface area (Å²) in [6.45, 7) is 8.01. The molecule has 0 radical (unpaired) electrons. The molecule has 3 aromatic carbocycles. The molecular formula is C23H21F4S+. The van der Waals surface area contributed by atoms with Gasteiger partial charge in [0.2, 0.25) is 0 Å². The molecular weight excluding hydrogens is 384 g/mol. The van der Waals surface area contributed by atoms with Crippen LogP contribution >= 0.6 is 0 Å². The second-order valence-corrected chi connectivity index (χ2v) is 9.09. The number of hydrogen-bond acceptors (Lipinski definition) is 0. The zero-order chi connectivity index (χ0) is 20.7. The maximum absolute atomic E-state index is 14.3. The zero-order valence-electron chi connectivity index (χ0n) is 16.4. The molecule has 0 atom stereocenters. The van der Waals surface area contributed by atoms with E-state index in [1.54, 1.807) is 52.0 Å². The summed E-state index contributed by atoms with van der Waals surface area (Å²) in [4.78, 5) is 1.88. The molecule has 0 nitrogen and oxygen atoms in total. The molecule has 0 spiro atoms. The number of aryl methyl sites for hydroxylation is 4. The summed E-state index contributed by atoms with van der Waals surface area (Å²) in [5.74, 6) is -1.89. The Labute approximate surface area is 165 Å². The third kappa shape index (κ3) is 3.68. The number of rotatable bonds is 3. The smallest absolute Gasteiger partial charge is 0.172 e. The largest absolute Gasteiger partial charge is 0.206 e. The standard InChI is InChI=1S/C23H21F4S/c1-12-6-17(7-13(2)22(12)26)28(18-8-14(3)23(27)15(4)9-18)19-10-20(24)16(5)21(25)11-19/h6-11H,1-5H3/q+1. The molecule has 0 aliphatic rings. The van der Waals surface area contributed by atoms with Crippen molar-refractivity contribution in [2.75, 3.05) is 0 Å². The van der Waals surface area contributed by atoms with Crippen molar-refractivity contribution < 1.29 is 17.6 Å². The first kappa shape index (κ1) is 20.5. The molecule has 3 rings (SSSR count). The van der Waals surface area contributed by atoms with E-state index in [0.717, 1.165) is 9.79 Å². The third-order valence-corrected chi connectivity index (χ3v) is 6.90. The van der Waals surface area contributed by atoms with Crippen LogP contribution in [0.4, 0.5) is 17.6 Å². The van der Waals surface area contributed by atoms with E-state index in [2.05, 4.69) is 0 Å². The van der Waals surface area contributed by atoms with Crippen molar-refractivity contribution in [1.29, 1.82) is 0 Å². The molecule has 3 aromatic rings. The number of halogens is 4. The van der Waals surface area contributed by atoms with Crippen molar-refractivity contribution >= 4 is 10.9 Å². The minimum absolute atomic E-state index is 0.0507. The highest BCUT2D eigenvalue weighted by molar-refractivity contribution is 7.97. The van der Waals surface area contributed by atoms with E-state index in [1.165, 1.54) is 19.1 Å². The van der Waals surface area contributed by atoms with E-state index in [4.69, 9.17) is 0 Å². The Morgan fingerprint density at radius 3 is 1.11 bits per heavy atom. The highest BCUT2D eigenvalue weighted by Gasteiger charge is 2.32. The summed E-state index contributed by atoms with van der Waals surface area (Å²) in [5.41, 5.74) is 1.77. The molecule has 0 bridgehead atoms. The average Bonchev–Trinajstić information content (AvgIpc) is 2.62. The zero-order valence-corrected chi connectivity index (χ0v) is 17.2. The van der Waals surface area contributed by atoms with Crippen LogP contribution in [0.15, 0.2) is 51.1 Å². The van der Waals surface area contributed by atoms with Gasteiger partial charge in [-0.15, -0.1) is 0 Å². The minimum Gasteiger partial charge on any atom is -0.206 e. The van der Waals surface area contributed by atoms with E-state index in [9.17, 15) is 17.6 Å². The van der Waals surface area contributed by atoms with Crippen LogP contribution in [0.3, 0.4) is 0 Å². The molecule has 0 heterocycles. The molecule has 5 heteroatoms. The van der Waals surface area contributed by atoms with Crippen molar-refractivity contribution in [1.82, 2.24) is 0 Å². The fraction of sp³-hybridized carbons (Fsp3) is 0.217. The van der Waals surface area contributed by atoms with Crippen molar-refractivity contribution in [3.8, 4) is 0 Å². The molecule has 0 N–H and O–H groups in total. The first-order chi connectivity index (χ1) is 13.1. The van der Waals surface area contributed by atoms with Gasteiger partial charge in [0.25, 0.3) is 0 Å². The first-order valence-corrected chi connectivity index (χ1v) is 10.1. The topological polar surface area (TPSA) is 0 Å². The van der Waals surface area contributed by atoms with Crippen LogP contribution in [0, 0.1) is 57.9 Å². The lowest BCUT2D eigenvalue weighted by Crippen LogP contribution is -2.09. The van der Waals surface area contributed by atoms with Gasteiger partial charge in [-0.3, -0.25) is 0 Å². The molecule has 0 aromatic heterocycles. The van der Waals surface area contributed by atoms with Crippen molar-refractivity contribution in [3.63, 3.8) is 0 Å². The molecule has 28 heavy (non-hydrogen) atoms. The van der Waals surface area contributed by atoms with Gasteiger partial charge in [0.05, 0.1) is 10.9 Å². The first-order valence-electron chi connectivity index (χ1n) is 8.83. The van der Waals surface area contributed by atoms with E-state index in [1.807, 2.05) is 0 Å². The fourth-order valence-electron chi connectivity index (χ4n) is 3.20. The van der Waals surface area contributed by atoms with Crippen LogP contribution in [0.5, 0.6) is 0 Å². The quantitative estimate of drug-likeness (QED) is 0.329. The minimum atomic E-state index is -0.914. The summed E-state index contributed by atoms with van der Waals surface area (Å²) in [5, 5.41) is 0. The normalized spacial score (nSPS) is 11.4. The molecule has 0 amide bonds.